The third-order valence-electron chi connectivity index (χ3n) is 8.72. The number of allylic oxidation sites excluding steroid dienone is 3. The van der Waals surface area contributed by atoms with Crippen LogP contribution in [0.1, 0.15) is 194 Å². The number of aliphatic carboxylic acids is 1. The molecule has 47 heavy (non-hydrogen) atoms. The standard InChI is InChI=1S/C40H74N2O5/c1-3-5-7-9-11-13-14-15-16-18-24-28-34-39(44)47-36(30-25-21-17-12-10-8-6-4-2)31-26-22-19-20-23-27-33-38(43)42-37(40(45)46)32-29-35-41/h11,13,25,30,36-37H,3-10,12,14-24,26-29,31-35,41H2,1-2H3,(H,42,43)(H,45,46)/b13-11-,30-25-. The minimum absolute atomic E-state index is 0.0688. The van der Waals surface area contributed by atoms with Gasteiger partial charge in [-0.2, -0.15) is 0 Å². The molecule has 0 aromatic carbocycles. The number of rotatable bonds is 35. The van der Waals surface area contributed by atoms with Gasteiger partial charge in [-0.25, -0.2) is 4.79 Å². The molecule has 0 aliphatic heterocycles. The van der Waals surface area contributed by atoms with E-state index in [1.807, 2.05) is 0 Å². The molecule has 0 rings (SSSR count). The third kappa shape index (κ3) is 32.2. The van der Waals surface area contributed by atoms with Crippen molar-refractivity contribution in [1.29, 1.82) is 0 Å². The predicted octanol–water partition coefficient (Wildman–Crippen LogP) is 10.5. The summed E-state index contributed by atoms with van der Waals surface area (Å²) in [5, 5.41) is 11.9. The summed E-state index contributed by atoms with van der Waals surface area (Å²) in [5.74, 6) is -1.27. The van der Waals surface area contributed by atoms with Gasteiger partial charge in [0.25, 0.3) is 0 Å². The van der Waals surface area contributed by atoms with E-state index in [-0.39, 0.29) is 18.0 Å². The van der Waals surface area contributed by atoms with E-state index in [1.165, 1.54) is 89.9 Å². The number of carboxylic acids is 1. The van der Waals surface area contributed by atoms with Gasteiger partial charge in [0.1, 0.15) is 12.1 Å². The smallest absolute Gasteiger partial charge is 0.326 e. The second-order valence-electron chi connectivity index (χ2n) is 13.3. The summed E-state index contributed by atoms with van der Waals surface area (Å²) in [6, 6.07) is -0.852. The number of carbonyl (C=O) groups excluding carboxylic acids is 2. The normalized spacial score (nSPS) is 12.9. The van der Waals surface area contributed by atoms with Crippen molar-refractivity contribution in [2.24, 2.45) is 5.73 Å². The number of carbonyl (C=O) groups is 3. The summed E-state index contributed by atoms with van der Waals surface area (Å²) in [6.45, 7) is 4.90. The highest BCUT2D eigenvalue weighted by Crippen LogP contribution is 2.16. The molecule has 0 heterocycles. The van der Waals surface area contributed by atoms with Gasteiger partial charge in [-0.1, -0.05) is 122 Å². The van der Waals surface area contributed by atoms with E-state index in [2.05, 4.69) is 43.5 Å². The lowest BCUT2D eigenvalue weighted by Crippen LogP contribution is -2.40. The number of nitrogens with two attached hydrogens (primary N) is 1. The molecule has 4 N–H and O–H groups in total. The Morgan fingerprint density at radius 2 is 1.11 bits per heavy atom. The van der Waals surface area contributed by atoms with Crippen molar-refractivity contribution in [3.05, 3.63) is 24.3 Å². The maximum Gasteiger partial charge on any atom is 0.326 e. The van der Waals surface area contributed by atoms with E-state index in [4.69, 9.17) is 10.5 Å². The zero-order valence-corrected chi connectivity index (χ0v) is 30.6. The molecular formula is C40H74N2O5. The van der Waals surface area contributed by atoms with E-state index in [0.717, 1.165) is 64.2 Å². The van der Waals surface area contributed by atoms with Crippen LogP contribution in [0.25, 0.3) is 0 Å². The van der Waals surface area contributed by atoms with Gasteiger partial charge in [-0.15, -0.1) is 0 Å². The van der Waals surface area contributed by atoms with Crippen molar-refractivity contribution >= 4 is 17.8 Å². The van der Waals surface area contributed by atoms with Crippen LogP contribution in [0.5, 0.6) is 0 Å². The quantitative estimate of drug-likeness (QED) is 0.0353. The number of ether oxygens (including phenoxy) is 1. The van der Waals surface area contributed by atoms with Gasteiger partial charge in [-0.3, -0.25) is 9.59 Å². The van der Waals surface area contributed by atoms with Crippen molar-refractivity contribution in [1.82, 2.24) is 5.32 Å². The summed E-state index contributed by atoms with van der Waals surface area (Å²) in [5.41, 5.74) is 5.46. The fourth-order valence-corrected chi connectivity index (χ4v) is 5.71. The monoisotopic (exact) mass is 663 g/mol. The number of hydrogen-bond donors (Lipinski definition) is 3. The topological polar surface area (TPSA) is 119 Å². The average molecular weight is 663 g/mol. The van der Waals surface area contributed by atoms with Crippen LogP contribution in [0.4, 0.5) is 0 Å². The molecule has 0 saturated carbocycles. The molecule has 1 amide bonds. The molecule has 2 unspecified atom stereocenters. The molecule has 0 fully saturated rings. The van der Waals surface area contributed by atoms with E-state index in [1.54, 1.807) is 0 Å². The Balaban J connectivity index is 4.29. The molecule has 7 nitrogen and oxygen atoms in total. The molecule has 0 aliphatic carbocycles. The Kier molecular flexibility index (Phi) is 33.6. The molecule has 0 saturated heterocycles. The van der Waals surface area contributed by atoms with Crippen molar-refractivity contribution < 1.29 is 24.2 Å². The molecule has 0 spiro atoms. The maximum absolute atomic E-state index is 12.7. The summed E-state index contributed by atoms with van der Waals surface area (Å²) < 4.78 is 5.93. The lowest BCUT2D eigenvalue weighted by molar-refractivity contribution is -0.147. The number of amides is 1. The zero-order valence-electron chi connectivity index (χ0n) is 30.6. The number of nitrogens with one attached hydrogen (secondary N) is 1. The summed E-state index contributed by atoms with van der Waals surface area (Å²) in [7, 11) is 0. The summed E-state index contributed by atoms with van der Waals surface area (Å²) >= 11 is 0. The number of carboxylic acid groups (broad SMARTS) is 1. The molecule has 0 radical (unpaired) electrons. The van der Waals surface area contributed by atoms with E-state index < -0.39 is 12.0 Å². The zero-order chi connectivity index (χ0) is 34.6. The van der Waals surface area contributed by atoms with Crippen LogP contribution in [-0.4, -0.2) is 41.6 Å². The molecular weight excluding hydrogens is 588 g/mol. The maximum atomic E-state index is 12.7. The van der Waals surface area contributed by atoms with E-state index in [0.29, 0.717) is 32.2 Å². The molecule has 0 aromatic rings. The highest BCUT2D eigenvalue weighted by Gasteiger charge is 2.18. The first kappa shape index (κ1) is 44.9. The van der Waals surface area contributed by atoms with Crippen LogP contribution in [0.2, 0.25) is 0 Å². The minimum Gasteiger partial charge on any atom is -0.480 e. The van der Waals surface area contributed by atoms with Crippen molar-refractivity contribution in [2.75, 3.05) is 6.54 Å². The van der Waals surface area contributed by atoms with Crippen LogP contribution >= 0.6 is 0 Å². The first-order chi connectivity index (χ1) is 22.9. The fourth-order valence-electron chi connectivity index (χ4n) is 5.71. The van der Waals surface area contributed by atoms with Gasteiger partial charge >= 0.3 is 11.9 Å². The largest absolute Gasteiger partial charge is 0.480 e. The molecule has 0 aliphatic rings. The first-order valence-corrected chi connectivity index (χ1v) is 19.7. The lowest BCUT2D eigenvalue weighted by Gasteiger charge is -2.15. The first-order valence-electron chi connectivity index (χ1n) is 19.7. The summed E-state index contributed by atoms with van der Waals surface area (Å²) in [4.78, 5) is 36.1. The van der Waals surface area contributed by atoms with Crippen LogP contribution in [0, 0.1) is 0 Å². The van der Waals surface area contributed by atoms with Gasteiger partial charge < -0.3 is 20.9 Å². The highest BCUT2D eigenvalue weighted by atomic mass is 16.5. The SMILES string of the molecule is CCCCC/C=C\CCCCCCCC(=O)OC(/C=C\CCCCCCCC)CCCCCCCCC(=O)NC(CCCN)C(=O)O. The van der Waals surface area contributed by atoms with Gasteiger partial charge in [0.15, 0.2) is 0 Å². The third-order valence-corrected chi connectivity index (χ3v) is 8.72. The van der Waals surface area contributed by atoms with E-state index >= 15 is 0 Å². The average Bonchev–Trinajstić information content (AvgIpc) is 3.05. The van der Waals surface area contributed by atoms with Crippen molar-refractivity contribution in [3.8, 4) is 0 Å². The Hall–Kier alpha value is -2.15. The molecule has 0 bridgehead atoms. The Morgan fingerprint density at radius 3 is 1.70 bits per heavy atom. The molecule has 274 valence electrons. The van der Waals surface area contributed by atoms with Crippen LogP contribution in [0.3, 0.4) is 0 Å². The highest BCUT2D eigenvalue weighted by molar-refractivity contribution is 5.83. The number of esters is 1. The second-order valence-corrected chi connectivity index (χ2v) is 13.3. The van der Waals surface area contributed by atoms with Crippen LogP contribution < -0.4 is 11.1 Å². The Bertz CT molecular complexity index is 797. The second kappa shape index (κ2) is 35.2. The van der Waals surface area contributed by atoms with Gasteiger partial charge in [-0.05, 0) is 89.7 Å². The molecule has 2 atom stereocenters. The Morgan fingerprint density at radius 1 is 0.617 bits per heavy atom. The number of hydrogen-bond acceptors (Lipinski definition) is 5. The molecule has 7 heteroatoms. The summed E-state index contributed by atoms with van der Waals surface area (Å²) in [6.07, 6.45) is 38.0. The van der Waals surface area contributed by atoms with Crippen molar-refractivity contribution in [2.45, 2.75) is 206 Å². The van der Waals surface area contributed by atoms with Crippen LogP contribution in [-0.2, 0) is 19.1 Å². The van der Waals surface area contributed by atoms with Gasteiger partial charge in [0.05, 0.1) is 0 Å². The van der Waals surface area contributed by atoms with Gasteiger partial charge in [0, 0.05) is 12.8 Å². The van der Waals surface area contributed by atoms with E-state index in [9.17, 15) is 19.5 Å². The Labute approximate surface area is 289 Å². The minimum atomic E-state index is -1.00. The fraction of sp³-hybridized carbons (Fsp3) is 0.825. The number of unbranched alkanes of at least 4 members (excludes halogenated alkanes) is 19. The van der Waals surface area contributed by atoms with Gasteiger partial charge in [0.2, 0.25) is 5.91 Å². The van der Waals surface area contributed by atoms with Crippen LogP contribution in [0.15, 0.2) is 24.3 Å². The predicted molar refractivity (Wildman–Crippen MR) is 197 cm³/mol. The molecule has 0 aromatic heterocycles. The van der Waals surface area contributed by atoms with Crippen molar-refractivity contribution in [3.63, 3.8) is 0 Å². The lowest BCUT2D eigenvalue weighted by atomic mass is 10.0.